The standard InChI is InChI=1S/C17H15NO3S/c1-19-13-7-3-11(4-8-13)15-16(21-17(22)18-15)12-5-9-14(20-2)10-6-12/h3-10H,1-2H3,(H,18,22). The largest absolute Gasteiger partial charge is 0.497 e. The van der Waals surface area contributed by atoms with Gasteiger partial charge in [-0.2, -0.15) is 0 Å². The van der Waals surface area contributed by atoms with Gasteiger partial charge in [0.15, 0.2) is 5.76 Å². The average molecular weight is 313 g/mol. The van der Waals surface area contributed by atoms with E-state index in [4.69, 9.17) is 13.9 Å². The minimum Gasteiger partial charge on any atom is -0.497 e. The molecule has 0 N–H and O–H groups in total. The molecule has 0 unspecified atom stereocenters. The molecule has 1 heterocycles. The SMILES string of the molecule is COc1ccc(-c2nc(S)oc2-c2ccc(OC)cc2)cc1. The number of aromatic nitrogens is 1. The molecular weight excluding hydrogens is 298 g/mol. The smallest absolute Gasteiger partial charge is 0.253 e. The van der Waals surface area contributed by atoms with Gasteiger partial charge in [-0.25, -0.2) is 4.98 Å². The second kappa shape index (κ2) is 6.15. The normalized spacial score (nSPS) is 10.5. The predicted molar refractivity (Wildman–Crippen MR) is 87.7 cm³/mol. The van der Waals surface area contributed by atoms with E-state index in [1.165, 1.54) is 0 Å². The summed E-state index contributed by atoms with van der Waals surface area (Å²) in [7, 11) is 3.28. The topological polar surface area (TPSA) is 44.5 Å². The maximum absolute atomic E-state index is 5.67. The van der Waals surface area contributed by atoms with Crippen LogP contribution in [-0.4, -0.2) is 19.2 Å². The molecule has 0 atom stereocenters. The zero-order chi connectivity index (χ0) is 15.5. The Morgan fingerprint density at radius 3 is 1.82 bits per heavy atom. The zero-order valence-electron chi connectivity index (χ0n) is 12.2. The molecule has 0 fully saturated rings. The molecule has 3 aromatic rings. The van der Waals surface area contributed by atoms with Crippen LogP contribution in [0.3, 0.4) is 0 Å². The first kappa shape index (κ1) is 14.5. The summed E-state index contributed by atoms with van der Waals surface area (Å²) < 4.78 is 16.0. The fourth-order valence-corrected chi connectivity index (χ4v) is 2.38. The molecule has 22 heavy (non-hydrogen) atoms. The monoisotopic (exact) mass is 313 g/mol. The summed E-state index contributed by atoms with van der Waals surface area (Å²) in [6.07, 6.45) is 0. The van der Waals surface area contributed by atoms with Gasteiger partial charge in [-0.1, -0.05) is 12.6 Å². The number of thiol groups is 1. The highest BCUT2D eigenvalue weighted by atomic mass is 32.1. The Bertz CT molecular complexity index is 699. The Balaban J connectivity index is 2.04. The van der Waals surface area contributed by atoms with Crippen LogP contribution in [-0.2, 0) is 0 Å². The molecule has 0 saturated carbocycles. The van der Waals surface area contributed by atoms with Crippen LogP contribution >= 0.6 is 12.6 Å². The van der Waals surface area contributed by atoms with E-state index in [-0.39, 0.29) is 0 Å². The van der Waals surface area contributed by atoms with E-state index in [9.17, 15) is 0 Å². The molecule has 0 amide bonds. The Hall–Kier alpha value is -2.40. The minimum absolute atomic E-state index is 0.330. The van der Waals surface area contributed by atoms with Crippen molar-refractivity contribution in [3.05, 3.63) is 48.5 Å². The van der Waals surface area contributed by atoms with Crippen molar-refractivity contribution in [2.24, 2.45) is 0 Å². The van der Waals surface area contributed by atoms with Crippen molar-refractivity contribution < 1.29 is 13.9 Å². The van der Waals surface area contributed by atoms with Crippen molar-refractivity contribution in [2.45, 2.75) is 5.22 Å². The van der Waals surface area contributed by atoms with Crippen molar-refractivity contribution >= 4 is 12.6 Å². The first-order chi connectivity index (χ1) is 10.7. The fraction of sp³-hybridized carbons (Fsp3) is 0.118. The Kier molecular flexibility index (Phi) is 4.06. The summed E-state index contributed by atoms with van der Waals surface area (Å²) in [6.45, 7) is 0. The quantitative estimate of drug-likeness (QED) is 0.729. The number of hydrogen-bond donors (Lipinski definition) is 1. The van der Waals surface area contributed by atoms with E-state index in [2.05, 4.69) is 17.6 Å². The van der Waals surface area contributed by atoms with Crippen molar-refractivity contribution in [3.8, 4) is 34.1 Å². The molecule has 1 aromatic heterocycles. The van der Waals surface area contributed by atoms with Gasteiger partial charge in [-0.05, 0) is 48.5 Å². The lowest BCUT2D eigenvalue weighted by molar-refractivity contribution is 0.414. The summed E-state index contributed by atoms with van der Waals surface area (Å²) in [5.41, 5.74) is 2.60. The first-order valence-corrected chi connectivity index (χ1v) is 7.14. The Morgan fingerprint density at radius 1 is 0.818 bits per heavy atom. The highest BCUT2D eigenvalue weighted by molar-refractivity contribution is 7.80. The number of methoxy groups -OCH3 is 2. The van der Waals surface area contributed by atoms with E-state index >= 15 is 0 Å². The van der Waals surface area contributed by atoms with Crippen molar-refractivity contribution in [1.82, 2.24) is 4.98 Å². The van der Waals surface area contributed by atoms with Gasteiger partial charge in [0.1, 0.15) is 17.2 Å². The second-order valence-corrected chi connectivity index (χ2v) is 5.01. The van der Waals surface area contributed by atoms with Crippen LogP contribution in [0.2, 0.25) is 0 Å². The highest BCUT2D eigenvalue weighted by Crippen LogP contribution is 2.35. The number of benzene rings is 2. The molecule has 5 heteroatoms. The molecular formula is C17H15NO3S. The minimum atomic E-state index is 0.330. The third-order valence-corrected chi connectivity index (χ3v) is 3.52. The summed E-state index contributed by atoms with van der Waals surface area (Å²) >= 11 is 4.23. The van der Waals surface area contributed by atoms with Crippen LogP contribution in [0, 0.1) is 0 Å². The lowest BCUT2D eigenvalue weighted by Crippen LogP contribution is -1.86. The van der Waals surface area contributed by atoms with E-state index in [0.717, 1.165) is 28.3 Å². The van der Waals surface area contributed by atoms with Crippen LogP contribution in [0.25, 0.3) is 22.6 Å². The zero-order valence-corrected chi connectivity index (χ0v) is 13.1. The van der Waals surface area contributed by atoms with Crippen LogP contribution in [0.15, 0.2) is 58.2 Å². The molecule has 0 saturated heterocycles. The van der Waals surface area contributed by atoms with Gasteiger partial charge in [-0.15, -0.1) is 0 Å². The number of hydrogen-bond acceptors (Lipinski definition) is 5. The third kappa shape index (κ3) is 2.80. The van der Waals surface area contributed by atoms with Gasteiger partial charge >= 0.3 is 0 Å². The second-order valence-electron chi connectivity index (χ2n) is 4.63. The highest BCUT2D eigenvalue weighted by Gasteiger charge is 2.15. The van der Waals surface area contributed by atoms with E-state index < -0.39 is 0 Å². The van der Waals surface area contributed by atoms with E-state index in [1.54, 1.807) is 14.2 Å². The molecule has 2 aromatic carbocycles. The summed E-state index contributed by atoms with van der Waals surface area (Å²) in [6, 6.07) is 15.3. The van der Waals surface area contributed by atoms with Gasteiger partial charge < -0.3 is 13.9 Å². The van der Waals surface area contributed by atoms with E-state index in [0.29, 0.717) is 11.0 Å². The summed E-state index contributed by atoms with van der Waals surface area (Å²) in [5.74, 6) is 2.27. The molecule has 0 aliphatic heterocycles. The van der Waals surface area contributed by atoms with Crippen LogP contribution < -0.4 is 9.47 Å². The van der Waals surface area contributed by atoms with Crippen LogP contribution in [0.4, 0.5) is 0 Å². The lowest BCUT2D eigenvalue weighted by Gasteiger charge is -2.04. The Morgan fingerprint density at radius 2 is 1.32 bits per heavy atom. The molecule has 0 aliphatic carbocycles. The van der Waals surface area contributed by atoms with Crippen molar-refractivity contribution in [1.29, 1.82) is 0 Å². The molecule has 0 radical (unpaired) electrons. The third-order valence-electron chi connectivity index (χ3n) is 3.33. The number of ether oxygens (including phenoxy) is 2. The summed E-state index contributed by atoms with van der Waals surface area (Å²) in [4.78, 5) is 4.38. The fourth-order valence-electron chi connectivity index (χ4n) is 2.19. The number of rotatable bonds is 4. The molecule has 4 nitrogen and oxygen atoms in total. The van der Waals surface area contributed by atoms with Gasteiger partial charge in [0.05, 0.1) is 14.2 Å². The maximum atomic E-state index is 5.67. The Labute approximate surface area is 134 Å². The van der Waals surface area contributed by atoms with Crippen molar-refractivity contribution in [3.63, 3.8) is 0 Å². The van der Waals surface area contributed by atoms with Crippen LogP contribution in [0.5, 0.6) is 11.5 Å². The first-order valence-electron chi connectivity index (χ1n) is 6.70. The molecule has 3 rings (SSSR count). The molecule has 0 aliphatic rings. The van der Waals surface area contributed by atoms with Gasteiger partial charge in [0.2, 0.25) is 0 Å². The van der Waals surface area contributed by atoms with Crippen LogP contribution in [0.1, 0.15) is 0 Å². The average Bonchev–Trinajstić information content (AvgIpc) is 2.97. The predicted octanol–water partition coefficient (Wildman–Crippen LogP) is 4.31. The van der Waals surface area contributed by atoms with E-state index in [1.807, 2.05) is 48.5 Å². The molecule has 112 valence electrons. The van der Waals surface area contributed by atoms with Gasteiger partial charge in [0, 0.05) is 11.1 Å². The number of oxazole rings is 1. The maximum Gasteiger partial charge on any atom is 0.253 e. The van der Waals surface area contributed by atoms with Gasteiger partial charge in [0.25, 0.3) is 5.22 Å². The summed E-state index contributed by atoms with van der Waals surface area (Å²) in [5, 5.41) is 0.330. The van der Waals surface area contributed by atoms with Crippen molar-refractivity contribution in [2.75, 3.05) is 14.2 Å². The number of nitrogens with zero attached hydrogens (tertiary/aromatic N) is 1. The molecule has 0 spiro atoms. The molecule has 0 bridgehead atoms. The van der Waals surface area contributed by atoms with Gasteiger partial charge in [-0.3, -0.25) is 0 Å². The lowest BCUT2D eigenvalue weighted by atomic mass is 10.1.